The second-order valence-electron chi connectivity index (χ2n) is 7.60. The predicted molar refractivity (Wildman–Crippen MR) is 92.7 cm³/mol. The van der Waals surface area contributed by atoms with Gasteiger partial charge < -0.3 is 24.8 Å². The topological polar surface area (TPSA) is 105 Å². The van der Waals surface area contributed by atoms with E-state index in [1.54, 1.807) is 39.0 Å². The Labute approximate surface area is 147 Å². The number of alkyl carbamates (subject to hydrolysis) is 1. The van der Waals surface area contributed by atoms with Gasteiger partial charge in [-0.3, -0.25) is 0 Å². The Morgan fingerprint density at radius 2 is 2.00 bits per heavy atom. The van der Waals surface area contributed by atoms with Gasteiger partial charge in [0.25, 0.3) is 0 Å². The van der Waals surface area contributed by atoms with E-state index in [-0.39, 0.29) is 6.42 Å². The quantitative estimate of drug-likeness (QED) is 0.705. The van der Waals surface area contributed by atoms with Crippen LogP contribution in [0.25, 0.3) is 0 Å². The molecule has 0 radical (unpaired) electrons. The van der Waals surface area contributed by atoms with Crippen LogP contribution in [0.3, 0.4) is 0 Å². The number of ether oxygens (including phenoxy) is 1. The Bertz CT molecular complexity index is 682. The highest BCUT2D eigenvalue weighted by atomic mass is 16.6. The summed E-state index contributed by atoms with van der Waals surface area (Å²) < 4.78 is 10.7. The number of hydrogen-bond donors (Lipinski definition) is 3. The Balaban J connectivity index is 2.25. The highest BCUT2D eigenvalue weighted by Gasteiger charge is 2.42. The molecule has 1 atom stereocenters. The first-order chi connectivity index (χ1) is 11.4. The van der Waals surface area contributed by atoms with Crippen molar-refractivity contribution in [1.82, 2.24) is 5.32 Å². The van der Waals surface area contributed by atoms with E-state index >= 15 is 0 Å². The summed E-state index contributed by atoms with van der Waals surface area (Å²) in [6, 6.07) is 4.09. The van der Waals surface area contributed by atoms with E-state index in [9.17, 15) is 19.7 Å². The molecule has 1 aliphatic heterocycles. The summed E-state index contributed by atoms with van der Waals surface area (Å²) in [5.41, 5.74) is 0.590. The van der Waals surface area contributed by atoms with Crippen molar-refractivity contribution in [3.63, 3.8) is 0 Å². The smallest absolute Gasteiger partial charge is 0.480 e. The van der Waals surface area contributed by atoms with Gasteiger partial charge in [0, 0.05) is 6.42 Å². The molecule has 3 N–H and O–H groups in total. The number of carbonyl (C=O) groups excluding carboxylic acids is 1. The lowest BCUT2D eigenvalue weighted by Gasteiger charge is -2.25. The van der Waals surface area contributed by atoms with Gasteiger partial charge in [0.15, 0.2) is 0 Å². The van der Waals surface area contributed by atoms with E-state index in [0.717, 1.165) is 5.56 Å². The van der Waals surface area contributed by atoms with Crippen LogP contribution in [0.15, 0.2) is 18.2 Å². The number of benzene rings is 1. The average Bonchev–Trinajstić information content (AvgIpc) is 2.66. The van der Waals surface area contributed by atoms with Crippen LogP contribution in [0.2, 0.25) is 0 Å². The number of rotatable bonds is 4. The molecule has 2 rings (SSSR count). The molecule has 0 aromatic heterocycles. The van der Waals surface area contributed by atoms with Crippen molar-refractivity contribution in [1.29, 1.82) is 0 Å². The number of carbonyl (C=O) groups is 2. The molecule has 1 aliphatic rings. The van der Waals surface area contributed by atoms with Crippen molar-refractivity contribution in [3.8, 4) is 0 Å². The van der Waals surface area contributed by atoms with E-state index in [4.69, 9.17) is 9.39 Å². The van der Waals surface area contributed by atoms with Crippen LogP contribution in [0.4, 0.5) is 4.79 Å². The monoisotopic (exact) mass is 349 g/mol. The maximum absolute atomic E-state index is 11.9. The Kier molecular flexibility index (Phi) is 5.15. The summed E-state index contributed by atoms with van der Waals surface area (Å²) in [5, 5.41) is 21.9. The summed E-state index contributed by atoms with van der Waals surface area (Å²) in [5.74, 6) is -1.17. The van der Waals surface area contributed by atoms with E-state index in [0.29, 0.717) is 11.0 Å². The Morgan fingerprint density at radius 1 is 1.36 bits per heavy atom. The van der Waals surface area contributed by atoms with Crippen LogP contribution in [0.1, 0.15) is 45.7 Å². The largest absolute Gasteiger partial charge is 0.492 e. The molecular weight excluding hydrogens is 325 g/mol. The lowest BCUT2D eigenvalue weighted by Crippen LogP contribution is -2.45. The van der Waals surface area contributed by atoms with E-state index in [1.807, 2.05) is 13.8 Å². The normalized spacial score (nSPS) is 17.0. The number of hydrogen-bond acceptors (Lipinski definition) is 5. The van der Waals surface area contributed by atoms with Gasteiger partial charge in [-0.1, -0.05) is 18.2 Å². The molecule has 0 bridgehead atoms. The van der Waals surface area contributed by atoms with Crippen LogP contribution < -0.4 is 10.8 Å². The maximum Gasteiger partial charge on any atom is 0.492 e. The lowest BCUT2D eigenvalue weighted by molar-refractivity contribution is -0.139. The number of amides is 1. The molecule has 25 heavy (non-hydrogen) atoms. The zero-order chi connectivity index (χ0) is 19.0. The zero-order valence-electron chi connectivity index (χ0n) is 15.1. The molecule has 0 aliphatic carbocycles. The van der Waals surface area contributed by atoms with Crippen molar-refractivity contribution < 1.29 is 29.1 Å². The molecule has 0 fully saturated rings. The molecule has 8 heteroatoms. The maximum atomic E-state index is 11.9. The van der Waals surface area contributed by atoms with Crippen LogP contribution in [0.5, 0.6) is 0 Å². The van der Waals surface area contributed by atoms with Crippen LogP contribution in [-0.2, 0) is 26.2 Å². The van der Waals surface area contributed by atoms with Gasteiger partial charge >= 0.3 is 19.2 Å². The minimum atomic E-state index is -1.17. The van der Waals surface area contributed by atoms with Crippen molar-refractivity contribution >= 4 is 24.6 Å². The van der Waals surface area contributed by atoms with Crippen LogP contribution in [-0.4, -0.2) is 41.0 Å². The van der Waals surface area contributed by atoms with Gasteiger partial charge in [-0.05, 0) is 51.2 Å². The fraction of sp³-hybridized carbons (Fsp3) is 0.529. The van der Waals surface area contributed by atoms with Crippen LogP contribution in [0, 0.1) is 0 Å². The first-order valence-electron chi connectivity index (χ1n) is 8.11. The third kappa shape index (κ3) is 4.52. The van der Waals surface area contributed by atoms with Crippen molar-refractivity contribution in [3.05, 3.63) is 29.3 Å². The first-order valence-corrected chi connectivity index (χ1v) is 8.11. The molecule has 0 saturated heterocycles. The van der Waals surface area contributed by atoms with Gasteiger partial charge in [-0.25, -0.2) is 9.59 Å². The number of aliphatic carboxylic acids is 1. The van der Waals surface area contributed by atoms with Crippen molar-refractivity contribution in [2.45, 2.75) is 58.3 Å². The van der Waals surface area contributed by atoms with Gasteiger partial charge in [0.2, 0.25) is 0 Å². The summed E-state index contributed by atoms with van der Waals surface area (Å²) >= 11 is 0. The molecule has 0 unspecified atom stereocenters. The SMILES string of the molecule is CC(C)(C)OC(=O)N[C@@H](Cc1cccc2c1C(C)(C)OB2O)C(=O)O. The second-order valence-corrected chi connectivity index (χ2v) is 7.60. The third-order valence-electron chi connectivity index (χ3n) is 3.87. The first kappa shape index (κ1) is 19.3. The fourth-order valence-electron chi connectivity index (χ4n) is 3.00. The highest BCUT2D eigenvalue weighted by Crippen LogP contribution is 2.32. The molecule has 136 valence electrons. The molecule has 0 saturated carbocycles. The summed E-state index contributed by atoms with van der Waals surface area (Å²) in [7, 11) is -1.05. The van der Waals surface area contributed by atoms with Gasteiger partial charge in [-0.2, -0.15) is 0 Å². The van der Waals surface area contributed by atoms with E-state index in [1.165, 1.54) is 0 Å². The number of carboxylic acid groups (broad SMARTS) is 1. The number of carboxylic acids is 1. The summed E-state index contributed by atoms with van der Waals surface area (Å²) in [4.78, 5) is 23.5. The highest BCUT2D eigenvalue weighted by molar-refractivity contribution is 6.62. The van der Waals surface area contributed by atoms with Gasteiger partial charge in [-0.15, -0.1) is 0 Å². The lowest BCUT2D eigenvalue weighted by atomic mass is 9.76. The van der Waals surface area contributed by atoms with E-state index < -0.39 is 36.4 Å². The van der Waals surface area contributed by atoms with E-state index in [2.05, 4.69) is 5.32 Å². The summed E-state index contributed by atoms with van der Waals surface area (Å²) in [6.07, 6.45) is -0.736. The molecule has 0 spiro atoms. The predicted octanol–water partition coefficient (Wildman–Crippen LogP) is 1.16. The minimum Gasteiger partial charge on any atom is -0.480 e. The Hall–Kier alpha value is -2.06. The molecule has 1 heterocycles. The minimum absolute atomic E-state index is 0.0528. The van der Waals surface area contributed by atoms with Gasteiger partial charge in [0.05, 0.1) is 5.60 Å². The summed E-state index contributed by atoms with van der Waals surface area (Å²) in [6.45, 7) is 8.72. The van der Waals surface area contributed by atoms with Crippen LogP contribution >= 0.6 is 0 Å². The second kappa shape index (κ2) is 6.69. The third-order valence-corrected chi connectivity index (χ3v) is 3.87. The average molecular weight is 349 g/mol. The molecule has 1 amide bonds. The Morgan fingerprint density at radius 3 is 2.56 bits per heavy atom. The molecule has 7 nitrogen and oxygen atoms in total. The van der Waals surface area contributed by atoms with Crippen molar-refractivity contribution in [2.75, 3.05) is 0 Å². The molecule has 1 aromatic carbocycles. The zero-order valence-corrected chi connectivity index (χ0v) is 15.1. The molecular formula is C17H24BNO6. The number of fused-ring (bicyclic) bond motifs is 1. The number of nitrogens with one attached hydrogen (secondary N) is 1. The fourth-order valence-corrected chi connectivity index (χ4v) is 3.00. The van der Waals surface area contributed by atoms with Crippen molar-refractivity contribution in [2.24, 2.45) is 0 Å². The van der Waals surface area contributed by atoms with Gasteiger partial charge in [0.1, 0.15) is 11.6 Å². The molecule has 1 aromatic rings. The standard InChI is InChI=1S/C17H24BNO6/c1-16(2,3)24-15(22)19-12(14(20)21)9-10-7-6-8-11-13(10)17(4,5)25-18(11)23/h6-8,12,23H,9H2,1-5H3,(H,19,22)(H,20,21)/t12-/m0/s1.